The zero-order chi connectivity index (χ0) is 23.0. The summed E-state index contributed by atoms with van der Waals surface area (Å²) in [6, 6.07) is -1.50. The second-order valence-electron chi connectivity index (χ2n) is 9.34. The van der Waals surface area contributed by atoms with Crippen LogP contribution in [-0.4, -0.2) is 80.8 Å². The second kappa shape index (κ2) is 8.90. The molecule has 6 atom stereocenters. The van der Waals surface area contributed by atoms with Crippen LogP contribution in [0.15, 0.2) is 12.7 Å². The summed E-state index contributed by atoms with van der Waals surface area (Å²) in [6.07, 6.45) is 5.89. The zero-order valence-electron chi connectivity index (χ0n) is 18.9. The van der Waals surface area contributed by atoms with Crippen LogP contribution in [-0.2, 0) is 19.1 Å². The molecule has 1 spiro atoms. The fraction of sp³-hybridized carbons (Fsp3) is 0.783. The van der Waals surface area contributed by atoms with Crippen molar-refractivity contribution in [1.82, 2.24) is 9.80 Å². The predicted octanol–water partition coefficient (Wildman–Crippen LogP) is 1.81. The highest BCUT2D eigenvalue weighted by Crippen LogP contribution is 2.63. The maximum Gasteiger partial charge on any atom is 0.310 e. The Hall–Kier alpha value is -1.93. The van der Waals surface area contributed by atoms with Crippen LogP contribution in [0, 0.1) is 11.8 Å². The largest absolute Gasteiger partial charge is 0.481 e. The van der Waals surface area contributed by atoms with Crippen molar-refractivity contribution in [2.45, 2.75) is 82.6 Å². The number of unbranched alkanes of at least 4 members (excludes halogenated alkanes) is 2. The lowest BCUT2D eigenvalue weighted by Crippen LogP contribution is -2.58. The molecule has 0 aromatic carbocycles. The predicted molar refractivity (Wildman–Crippen MR) is 114 cm³/mol. The molecule has 0 radical (unpaired) electrons. The Kier molecular flexibility index (Phi) is 6.81. The molecule has 3 heterocycles. The molecule has 174 valence electrons. The van der Waals surface area contributed by atoms with E-state index in [-0.39, 0.29) is 18.4 Å². The van der Waals surface area contributed by atoms with Gasteiger partial charge >= 0.3 is 5.97 Å². The van der Waals surface area contributed by atoms with E-state index in [2.05, 4.69) is 13.5 Å². The van der Waals surface area contributed by atoms with Crippen molar-refractivity contribution in [3.8, 4) is 0 Å². The molecule has 3 saturated heterocycles. The molecule has 3 aliphatic heterocycles. The first kappa shape index (κ1) is 23.7. The molecule has 3 fully saturated rings. The lowest BCUT2D eigenvalue weighted by atomic mass is 9.66. The van der Waals surface area contributed by atoms with Crippen LogP contribution < -0.4 is 0 Å². The maximum atomic E-state index is 13.9. The standard InChI is InChI=1S/C23H36N2O6/c1-5-8-9-13-24(12-6-2)20(28)18-23-11-10-22(4,31-23)17(21(29)30)16(23)19(27)25(18)15(7-3)14-26/h6,15-18,26H,2,5,7-14H2,1,3-4H3,(H,29,30)/t15-,16-,17+,18?,22-,23?/m0/s1. The first-order valence-corrected chi connectivity index (χ1v) is 11.5. The highest BCUT2D eigenvalue weighted by molar-refractivity contribution is 5.98. The van der Waals surface area contributed by atoms with Gasteiger partial charge in [0.25, 0.3) is 0 Å². The number of aliphatic carboxylic acids is 1. The van der Waals surface area contributed by atoms with Gasteiger partial charge in [-0.2, -0.15) is 0 Å². The summed E-state index contributed by atoms with van der Waals surface area (Å²) in [5, 5.41) is 19.9. The molecule has 0 saturated carbocycles. The van der Waals surface area contributed by atoms with E-state index in [0.717, 1.165) is 19.3 Å². The van der Waals surface area contributed by atoms with Crippen LogP contribution >= 0.6 is 0 Å². The third-order valence-corrected chi connectivity index (χ3v) is 7.48. The maximum absolute atomic E-state index is 13.9. The van der Waals surface area contributed by atoms with Gasteiger partial charge in [-0.25, -0.2) is 0 Å². The number of nitrogens with zero attached hydrogens (tertiary/aromatic N) is 2. The van der Waals surface area contributed by atoms with Crippen LogP contribution in [0.25, 0.3) is 0 Å². The van der Waals surface area contributed by atoms with E-state index in [1.165, 1.54) is 4.90 Å². The molecule has 8 heteroatoms. The summed E-state index contributed by atoms with van der Waals surface area (Å²) in [6.45, 7) is 10.0. The molecule has 31 heavy (non-hydrogen) atoms. The lowest BCUT2D eigenvalue weighted by Gasteiger charge is -2.39. The van der Waals surface area contributed by atoms with Crippen molar-refractivity contribution < 1.29 is 29.3 Å². The molecule has 8 nitrogen and oxygen atoms in total. The number of hydrogen-bond acceptors (Lipinski definition) is 5. The number of amides is 2. The smallest absolute Gasteiger partial charge is 0.310 e. The van der Waals surface area contributed by atoms with Gasteiger partial charge < -0.3 is 24.7 Å². The van der Waals surface area contributed by atoms with E-state index in [9.17, 15) is 24.6 Å². The van der Waals surface area contributed by atoms with Crippen molar-refractivity contribution in [3.05, 3.63) is 12.7 Å². The fourth-order valence-electron chi connectivity index (χ4n) is 6.00. The summed E-state index contributed by atoms with van der Waals surface area (Å²) in [4.78, 5) is 42.8. The van der Waals surface area contributed by atoms with Gasteiger partial charge in [0.15, 0.2) is 0 Å². The fourth-order valence-corrected chi connectivity index (χ4v) is 6.00. The molecule has 0 aromatic heterocycles. The Morgan fingerprint density at radius 2 is 2.06 bits per heavy atom. The Balaban J connectivity index is 2.06. The average molecular weight is 437 g/mol. The first-order valence-electron chi connectivity index (χ1n) is 11.5. The Morgan fingerprint density at radius 1 is 1.35 bits per heavy atom. The minimum atomic E-state index is -1.17. The van der Waals surface area contributed by atoms with Gasteiger partial charge in [-0.05, 0) is 32.6 Å². The van der Waals surface area contributed by atoms with E-state index >= 15 is 0 Å². The van der Waals surface area contributed by atoms with Crippen molar-refractivity contribution in [1.29, 1.82) is 0 Å². The molecule has 2 unspecified atom stereocenters. The molecule has 0 aliphatic carbocycles. The minimum Gasteiger partial charge on any atom is -0.481 e. The molecule has 2 N–H and O–H groups in total. The average Bonchev–Trinajstić information content (AvgIpc) is 3.29. The van der Waals surface area contributed by atoms with Gasteiger partial charge in [0.1, 0.15) is 11.6 Å². The van der Waals surface area contributed by atoms with Crippen LogP contribution in [0.4, 0.5) is 0 Å². The van der Waals surface area contributed by atoms with Crippen molar-refractivity contribution in [2.75, 3.05) is 19.7 Å². The molecular formula is C23H36N2O6. The van der Waals surface area contributed by atoms with Gasteiger partial charge in [-0.15, -0.1) is 6.58 Å². The molecule has 3 aliphatic rings. The normalized spacial score (nSPS) is 34.6. The number of fused-ring (bicyclic) bond motifs is 1. The number of carboxylic acids is 1. The van der Waals surface area contributed by atoms with Gasteiger partial charge in [0.2, 0.25) is 11.8 Å². The van der Waals surface area contributed by atoms with Gasteiger partial charge in [0, 0.05) is 13.1 Å². The monoisotopic (exact) mass is 436 g/mol. The van der Waals surface area contributed by atoms with E-state index in [1.54, 1.807) is 17.9 Å². The number of ether oxygens (including phenoxy) is 1. The number of aliphatic hydroxyl groups excluding tert-OH is 1. The van der Waals surface area contributed by atoms with Crippen LogP contribution in [0.3, 0.4) is 0 Å². The van der Waals surface area contributed by atoms with Gasteiger partial charge in [0.05, 0.1) is 30.1 Å². The number of aliphatic hydroxyl groups is 1. The molecule has 0 aromatic rings. The van der Waals surface area contributed by atoms with Crippen LogP contribution in [0.5, 0.6) is 0 Å². The molecule has 2 bridgehead atoms. The first-order chi connectivity index (χ1) is 14.7. The number of carboxylic acid groups (broad SMARTS) is 1. The van der Waals surface area contributed by atoms with E-state index in [1.807, 2.05) is 6.92 Å². The highest BCUT2D eigenvalue weighted by Gasteiger charge is 2.78. The highest BCUT2D eigenvalue weighted by atomic mass is 16.5. The van der Waals surface area contributed by atoms with Gasteiger partial charge in [-0.1, -0.05) is 32.8 Å². The third kappa shape index (κ3) is 3.57. The Morgan fingerprint density at radius 3 is 2.61 bits per heavy atom. The summed E-state index contributed by atoms with van der Waals surface area (Å²) in [5.74, 6) is -3.62. The van der Waals surface area contributed by atoms with E-state index in [4.69, 9.17) is 4.74 Å². The van der Waals surface area contributed by atoms with Crippen LogP contribution in [0.2, 0.25) is 0 Å². The number of carbonyl (C=O) groups is 3. The minimum absolute atomic E-state index is 0.242. The van der Waals surface area contributed by atoms with Crippen molar-refractivity contribution >= 4 is 17.8 Å². The van der Waals surface area contributed by atoms with Crippen molar-refractivity contribution in [3.63, 3.8) is 0 Å². The summed E-state index contributed by atoms with van der Waals surface area (Å²) < 4.78 is 6.37. The SMILES string of the molecule is C=CCN(CCCCC)C(=O)C1N([C@@H](CC)CO)C(=O)[C@@H]2[C@H](C(=O)O)[C@]3(C)CCC12O3. The summed E-state index contributed by atoms with van der Waals surface area (Å²) in [5.41, 5.74) is -2.14. The quantitative estimate of drug-likeness (QED) is 0.378. The lowest BCUT2D eigenvalue weighted by molar-refractivity contribution is -0.158. The van der Waals surface area contributed by atoms with E-state index < -0.39 is 41.1 Å². The Labute approximate surface area is 184 Å². The second-order valence-corrected chi connectivity index (χ2v) is 9.34. The third-order valence-electron chi connectivity index (χ3n) is 7.48. The number of likely N-dealkylation sites (tertiary alicyclic amines) is 1. The van der Waals surface area contributed by atoms with E-state index in [0.29, 0.717) is 32.4 Å². The molecule has 3 rings (SSSR count). The summed E-state index contributed by atoms with van der Waals surface area (Å²) in [7, 11) is 0. The Bertz CT molecular complexity index is 738. The van der Waals surface area contributed by atoms with Crippen LogP contribution in [0.1, 0.15) is 59.3 Å². The van der Waals surface area contributed by atoms with Crippen molar-refractivity contribution in [2.24, 2.45) is 11.8 Å². The summed E-state index contributed by atoms with van der Waals surface area (Å²) >= 11 is 0. The topological polar surface area (TPSA) is 107 Å². The molecular weight excluding hydrogens is 400 g/mol. The van der Waals surface area contributed by atoms with Gasteiger partial charge in [-0.3, -0.25) is 14.4 Å². The number of hydrogen-bond donors (Lipinski definition) is 2. The number of carbonyl (C=O) groups excluding carboxylic acids is 2. The number of rotatable bonds is 11. The molecule has 2 amide bonds. The zero-order valence-corrected chi connectivity index (χ0v) is 18.9.